The van der Waals surface area contributed by atoms with Crippen LogP contribution in [0.15, 0.2) is 59.3 Å². The number of rotatable bonds is 4. The number of hydrogen-bond acceptors (Lipinski definition) is 3. The van der Waals surface area contributed by atoms with E-state index in [0.29, 0.717) is 5.69 Å². The molecule has 8 heteroatoms. The first kappa shape index (κ1) is 19.9. The molecule has 1 aliphatic heterocycles. The van der Waals surface area contributed by atoms with Crippen LogP contribution in [0.1, 0.15) is 30.9 Å². The monoisotopic (exact) mass is 408 g/mol. The summed E-state index contributed by atoms with van der Waals surface area (Å²) in [5.41, 5.74) is 0.217. The molecule has 2 aromatic rings. The van der Waals surface area contributed by atoms with Gasteiger partial charge < -0.3 is 5.32 Å². The Kier molecular flexibility index (Phi) is 5.21. The predicted molar refractivity (Wildman–Crippen MR) is 101 cm³/mol. The van der Waals surface area contributed by atoms with E-state index in [-0.39, 0.29) is 22.3 Å². The molecule has 0 bridgehead atoms. The number of anilines is 2. The van der Waals surface area contributed by atoms with Crippen molar-refractivity contribution < 1.29 is 22.8 Å². The van der Waals surface area contributed by atoms with Gasteiger partial charge in [0, 0.05) is 5.69 Å². The van der Waals surface area contributed by atoms with Gasteiger partial charge in [0.15, 0.2) is 0 Å². The van der Waals surface area contributed by atoms with Crippen LogP contribution >= 0.6 is 11.6 Å². The summed E-state index contributed by atoms with van der Waals surface area (Å²) in [5, 5.41) is 2.17. The predicted octanol–water partition coefficient (Wildman–Crippen LogP) is 5.26. The van der Waals surface area contributed by atoms with E-state index >= 15 is 0 Å². The van der Waals surface area contributed by atoms with Crippen LogP contribution in [0.2, 0.25) is 0 Å². The Balaban J connectivity index is 1.88. The van der Waals surface area contributed by atoms with Gasteiger partial charge in [-0.1, -0.05) is 43.6 Å². The molecule has 0 fully saturated rings. The standard InChI is InChI=1S/C20H16ClF3N2O2/c1-11(2)12-6-8-15(9-7-12)26-18(27)16(21)17(19(26)28)25-14-5-3-4-13(10-14)20(22,23)24/h3-11,25H,1-2H3. The number of nitrogens with one attached hydrogen (secondary N) is 1. The molecule has 0 unspecified atom stereocenters. The van der Waals surface area contributed by atoms with Crippen molar-refractivity contribution >= 4 is 34.8 Å². The number of amides is 2. The molecule has 1 aliphatic rings. The highest BCUT2D eigenvalue weighted by Gasteiger charge is 2.39. The highest BCUT2D eigenvalue weighted by atomic mass is 35.5. The number of halogens is 4. The minimum absolute atomic E-state index is 0.00105. The van der Waals surface area contributed by atoms with E-state index in [4.69, 9.17) is 11.6 Å². The third-order valence-corrected chi connectivity index (χ3v) is 4.66. The van der Waals surface area contributed by atoms with E-state index in [9.17, 15) is 22.8 Å². The Labute approximate surface area is 164 Å². The molecule has 1 heterocycles. The Hall–Kier alpha value is -2.80. The Bertz CT molecular complexity index is 966. The average Bonchev–Trinajstić information content (AvgIpc) is 2.85. The van der Waals surface area contributed by atoms with Crippen molar-refractivity contribution in [3.63, 3.8) is 0 Å². The van der Waals surface area contributed by atoms with E-state index in [1.807, 2.05) is 13.8 Å². The summed E-state index contributed by atoms with van der Waals surface area (Å²) in [7, 11) is 0. The smallest absolute Gasteiger partial charge is 0.350 e. The number of imide groups is 1. The molecule has 28 heavy (non-hydrogen) atoms. The number of nitrogens with zero attached hydrogens (tertiary/aromatic N) is 1. The molecular weight excluding hydrogens is 393 g/mol. The molecule has 2 aromatic carbocycles. The van der Waals surface area contributed by atoms with Crippen molar-refractivity contribution in [2.45, 2.75) is 25.9 Å². The lowest BCUT2D eigenvalue weighted by Gasteiger charge is -2.16. The first-order valence-corrected chi connectivity index (χ1v) is 8.80. The third-order valence-electron chi connectivity index (χ3n) is 4.30. The van der Waals surface area contributed by atoms with Gasteiger partial charge in [0.05, 0.1) is 11.3 Å². The molecule has 0 saturated heterocycles. The first-order chi connectivity index (χ1) is 13.1. The summed E-state index contributed by atoms with van der Waals surface area (Å²) in [6.07, 6.45) is -4.53. The van der Waals surface area contributed by atoms with Crippen LogP contribution in [-0.2, 0) is 15.8 Å². The molecule has 0 atom stereocenters. The van der Waals surface area contributed by atoms with E-state index in [1.54, 1.807) is 24.3 Å². The second-order valence-electron chi connectivity index (χ2n) is 6.58. The fraction of sp³-hybridized carbons (Fsp3) is 0.200. The van der Waals surface area contributed by atoms with E-state index in [1.165, 1.54) is 12.1 Å². The highest BCUT2D eigenvalue weighted by molar-refractivity contribution is 6.53. The molecule has 2 amide bonds. The molecule has 146 valence electrons. The summed E-state index contributed by atoms with van der Waals surface area (Å²) in [4.78, 5) is 26.1. The van der Waals surface area contributed by atoms with E-state index in [2.05, 4.69) is 5.32 Å². The molecular formula is C20H16ClF3N2O2. The fourth-order valence-electron chi connectivity index (χ4n) is 2.77. The molecule has 0 aliphatic carbocycles. The maximum absolute atomic E-state index is 12.9. The number of hydrogen-bond donors (Lipinski definition) is 1. The lowest BCUT2D eigenvalue weighted by atomic mass is 10.0. The number of benzene rings is 2. The van der Waals surface area contributed by atoms with Gasteiger partial charge in [0.1, 0.15) is 10.7 Å². The molecule has 3 rings (SSSR count). The fourth-order valence-corrected chi connectivity index (χ4v) is 2.98. The van der Waals surface area contributed by atoms with Crippen LogP contribution in [0, 0.1) is 0 Å². The Morgan fingerprint density at radius 3 is 2.21 bits per heavy atom. The van der Waals surface area contributed by atoms with Crippen molar-refractivity contribution in [2.75, 3.05) is 10.2 Å². The van der Waals surface area contributed by atoms with Gasteiger partial charge in [-0.3, -0.25) is 9.59 Å². The summed E-state index contributed by atoms with van der Waals surface area (Å²) in [5.74, 6) is -1.19. The SMILES string of the molecule is CC(C)c1ccc(N2C(=O)C(Cl)=C(Nc3cccc(C(F)(F)F)c3)C2=O)cc1. The van der Waals surface area contributed by atoms with Crippen LogP contribution in [-0.4, -0.2) is 11.8 Å². The van der Waals surface area contributed by atoms with Gasteiger partial charge in [-0.2, -0.15) is 13.2 Å². The zero-order chi connectivity index (χ0) is 20.6. The van der Waals surface area contributed by atoms with Crippen molar-refractivity contribution in [2.24, 2.45) is 0 Å². The minimum Gasteiger partial charge on any atom is -0.350 e. The van der Waals surface area contributed by atoms with Gasteiger partial charge in [-0.05, 0) is 41.8 Å². The molecule has 4 nitrogen and oxygen atoms in total. The molecule has 0 saturated carbocycles. The summed E-state index contributed by atoms with van der Waals surface area (Å²) in [6, 6.07) is 11.2. The first-order valence-electron chi connectivity index (χ1n) is 8.42. The van der Waals surface area contributed by atoms with Crippen LogP contribution in [0.5, 0.6) is 0 Å². The van der Waals surface area contributed by atoms with Crippen LogP contribution in [0.25, 0.3) is 0 Å². The summed E-state index contributed by atoms with van der Waals surface area (Å²) >= 11 is 6.01. The Morgan fingerprint density at radius 1 is 1.00 bits per heavy atom. The number of carbonyl (C=O) groups is 2. The maximum atomic E-state index is 12.9. The topological polar surface area (TPSA) is 49.4 Å². The third kappa shape index (κ3) is 3.75. The van der Waals surface area contributed by atoms with E-state index < -0.39 is 23.6 Å². The molecule has 0 aromatic heterocycles. The average molecular weight is 409 g/mol. The maximum Gasteiger partial charge on any atom is 0.416 e. The zero-order valence-electron chi connectivity index (χ0n) is 15.0. The Morgan fingerprint density at radius 2 is 1.64 bits per heavy atom. The van der Waals surface area contributed by atoms with Gasteiger partial charge >= 0.3 is 6.18 Å². The van der Waals surface area contributed by atoms with Crippen molar-refractivity contribution in [3.05, 3.63) is 70.4 Å². The molecule has 0 spiro atoms. The molecule has 0 radical (unpaired) electrons. The second kappa shape index (κ2) is 7.31. The summed E-state index contributed by atoms with van der Waals surface area (Å²) in [6.45, 7) is 4.02. The van der Waals surface area contributed by atoms with Crippen LogP contribution in [0.3, 0.4) is 0 Å². The van der Waals surface area contributed by atoms with Gasteiger partial charge in [0.25, 0.3) is 11.8 Å². The summed E-state index contributed by atoms with van der Waals surface area (Å²) < 4.78 is 38.6. The quantitative estimate of drug-likeness (QED) is 0.701. The lowest BCUT2D eigenvalue weighted by Crippen LogP contribution is -2.32. The largest absolute Gasteiger partial charge is 0.416 e. The van der Waals surface area contributed by atoms with Crippen molar-refractivity contribution in [1.82, 2.24) is 0 Å². The molecule has 1 N–H and O–H groups in total. The zero-order valence-corrected chi connectivity index (χ0v) is 15.7. The second-order valence-corrected chi connectivity index (χ2v) is 6.96. The van der Waals surface area contributed by atoms with Crippen molar-refractivity contribution in [1.29, 1.82) is 0 Å². The van der Waals surface area contributed by atoms with Crippen LogP contribution in [0.4, 0.5) is 24.5 Å². The normalized spacial score (nSPS) is 15.0. The number of alkyl halides is 3. The lowest BCUT2D eigenvalue weighted by molar-refractivity contribution is -0.137. The minimum atomic E-state index is -4.53. The van der Waals surface area contributed by atoms with Crippen molar-refractivity contribution in [3.8, 4) is 0 Å². The van der Waals surface area contributed by atoms with Gasteiger partial charge in [0.2, 0.25) is 0 Å². The highest BCUT2D eigenvalue weighted by Crippen LogP contribution is 2.33. The van der Waals surface area contributed by atoms with Gasteiger partial charge in [-0.25, -0.2) is 4.90 Å². The van der Waals surface area contributed by atoms with Gasteiger partial charge in [-0.15, -0.1) is 0 Å². The van der Waals surface area contributed by atoms with Crippen LogP contribution < -0.4 is 10.2 Å². The van der Waals surface area contributed by atoms with E-state index in [0.717, 1.165) is 22.6 Å². The number of carbonyl (C=O) groups excluding carboxylic acids is 2.